The highest BCUT2D eigenvalue weighted by molar-refractivity contribution is 5.88. The van der Waals surface area contributed by atoms with Gasteiger partial charge in [0.2, 0.25) is 11.5 Å². The Bertz CT molecular complexity index is 983. The van der Waals surface area contributed by atoms with Crippen LogP contribution in [0.2, 0.25) is 0 Å². The second-order valence-corrected chi connectivity index (χ2v) is 7.27. The minimum absolute atomic E-state index is 0.0856. The molecule has 0 amide bonds. The van der Waals surface area contributed by atoms with Crippen molar-refractivity contribution in [3.05, 3.63) is 47.5 Å². The molecule has 0 aromatic heterocycles. The first kappa shape index (κ1) is 28.9. The molecule has 0 aliphatic rings. The number of hydrogen-bond acceptors (Lipinski definition) is 10. The Morgan fingerprint density at radius 3 is 1.16 bits per heavy atom. The minimum Gasteiger partial charge on any atom is -0.493 e. The predicted octanol–water partition coefficient (Wildman–Crippen LogP) is 3.94. The largest absolute Gasteiger partial charge is 0.493 e. The molecule has 0 spiro atoms. The van der Waals surface area contributed by atoms with E-state index in [9.17, 15) is 9.59 Å². The molecule has 2 rings (SSSR count). The third-order valence-corrected chi connectivity index (χ3v) is 4.98. The van der Waals surface area contributed by atoms with Gasteiger partial charge < -0.3 is 37.9 Å². The Morgan fingerprint density at radius 1 is 0.568 bits per heavy atom. The van der Waals surface area contributed by atoms with E-state index < -0.39 is 11.9 Å². The monoisotopic (exact) mass is 516 g/mol. The third-order valence-electron chi connectivity index (χ3n) is 4.98. The molecule has 0 aliphatic heterocycles. The first-order valence-corrected chi connectivity index (χ1v) is 11.2. The van der Waals surface area contributed by atoms with E-state index >= 15 is 0 Å². The Morgan fingerprint density at radius 2 is 0.892 bits per heavy atom. The SMILES string of the molecule is COc1cc(C=CC(=O)OCCCOC(=O)C=Cc2cc(OC)c(OC)c(OC)c2)cc(OC)c1OC. The van der Waals surface area contributed by atoms with Crippen molar-refractivity contribution >= 4 is 24.1 Å². The van der Waals surface area contributed by atoms with Gasteiger partial charge in [-0.15, -0.1) is 0 Å². The van der Waals surface area contributed by atoms with Crippen molar-refractivity contribution in [3.63, 3.8) is 0 Å². The van der Waals surface area contributed by atoms with Gasteiger partial charge in [0.15, 0.2) is 23.0 Å². The van der Waals surface area contributed by atoms with Gasteiger partial charge in [-0.2, -0.15) is 0 Å². The minimum atomic E-state index is -0.539. The van der Waals surface area contributed by atoms with E-state index in [1.54, 1.807) is 36.4 Å². The first-order chi connectivity index (χ1) is 17.9. The Kier molecular flexibility index (Phi) is 11.7. The summed E-state index contributed by atoms with van der Waals surface area (Å²) in [4.78, 5) is 24.0. The van der Waals surface area contributed by atoms with Crippen LogP contribution in [0.25, 0.3) is 12.2 Å². The molecule has 0 saturated carbocycles. The maximum atomic E-state index is 12.0. The zero-order valence-electron chi connectivity index (χ0n) is 21.8. The van der Waals surface area contributed by atoms with E-state index in [1.807, 2.05) is 0 Å². The molecular formula is C27H32O10. The summed E-state index contributed by atoms with van der Waals surface area (Å²) in [6.45, 7) is 0.171. The lowest BCUT2D eigenvalue weighted by molar-refractivity contribution is -0.140. The van der Waals surface area contributed by atoms with Crippen molar-refractivity contribution in [2.45, 2.75) is 6.42 Å². The molecule has 10 heteroatoms. The Balaban J connectivity index is 1.81. The number of esters is 2. The lowest BCUT2D eigenvalue weighted by atomic mass is 10.1. The van der Waals surface area contributed by atoms with Crippen molar-refractivity contribution in [3.8, 4) is 34.5 Å². The van der Waals surface area contributed by atoms with Gasteiger partial charge in [0.1, 0.15) is 0 Å². The summed E-state index contributed by atoms with van der Waals surface area (Å²) in [5.74, 6) is 1.71. The van der Waals surface area contributed by atoms with Crippen LogP contribution in [0, 0.1) is 0 Å². The van der Waals surface area contributed by atoms with Crippen molar-refractivity contribution in [1.82, 2.24) is 0 Å². The molecule has 0 heterocycles. The van der Waals surface area contributed by atoms with Crippen molar-refractivity contribution in [2.75, 3.05) is 55.9 Å². The Labute approximate surface area is 216 Å². The molecule has 0 atom stereocenters. The number of benzene rings is 2. The van der Waals surface area contributed by atoms with Gasteiger partial charge in [-0.3, -0.25) is 0 Å². The molecule has 0 N–H and O–H groups in total. The lowest BCUT2D eigenvalue weighted by Gasteiger charge is -2.12. The molecule has 200 valence electrons. The van der Waals surface area contributed by atoms with Crippen LogP contribution in [0.5, 0.6) is 34.5 Å². The number of hydrogen-bond donors (Lipinski definition) is 0. The maximum absolute atomic E-state index is 12.0. The zero-order chi connectivity index (χ0) is 27.2. The summed E-state index contributed by atoms with van der Waals surface area (Å²) in [6.07, 6.45) is 6.05. The molecular weight excluding hydrogens is 484 g/mol. The molecule has 2 aromatic rings. The van der Waals surface area contributed by atoms with E-state index in [2.05, 4.69) is 0 Å². The third kappa shape index (κ3) is 8.38. The quantitative estimate of drug-likeness (QED) is 0.208. The topological polar surface area (TPSA) is 108 Å². The fourth-order valence-corrected chi connectivity index (χ4v) is 3.22. The summed E-state index contributed by atoms with van der Waals surface area (Å²) < 4.78 is 42.0. The highest BCUT2D eigenvalue weighted by Gasteiger charge is 2.13. The average Bonchev–Trinajstić information content (AvgIpc) is 2.93. The molecule has 0 unspecified atom stereocenters. The van der Waals surface area contributed by atoms with E-state index in [1.165, 1.54) is 54.8 Å². The lowest BCUT2D eigenvalue weighted by Crippen LogP contribution is -2.08. The standard InChI is InChI=1S/C27H32O10/c1-30-20-14-18(15-21(31-2)26(20)34-5)8-10-24(28)36-12-7-13-37-25(29)11-9-19-16-22(32-3)27(35-6)23(17-19)33-4/h8-11,14-17H,7,12-13H2,1-6H3. The van der Waals surface area contributed by atoms with Gasteiger partial charge in [-0.05, 0) is 47.5 Å². The molecule has 0 saturated heterocycles. The van der Waals surface area contributed by atoms with E-state index in [4.69, 9.17) is 37.9 Å². The second kappa shape index (κ2) is 14.9. The second-order valence-electron chi connectivity index (χ2n) is 7.27. The fourth-order valence-electron chi connectivity index (χ4n) is 3.22. The van der Waals surface area contributed by atoms with Crippen LogP contribution >= 0.6 is 0 Å². The molecule has 0 aliphatic carbocycles. The van der Waals surface area contributed by atoms with Crippen LogP contribution < -0.4 is 28.4 Å². The van der Waals surface area contributed by atoms with Gasteiger partial charge in [-0.25, -0.2) is 9.59 Å². The highest BCUT2D eigenvalue weighted by atomic mass is 16.6. The average molecular weight is 517 g/mol. The van der Waals surface area contributed by atoms with Crippen molar-refractivity contribution < 1.29 is 47.5 Å². The molecule has 10 nitrogen and oxygen atoms in total. The van der Waals surface area contributed by atoms with E-state index in [0.29, 0.717) is 52.0 Å². The summed E-state index contributed by atoms with van der Waals surface area (Å²) >= 11 is 0. The fraction of sp³-hybridized carbons (Fsp3) is 0.333. The summed E-state index contributed by atoms with van der Waals surface area (Å²) in [5, 5.41) is 0. The van der Waals surface area contributed by atoms with Crippen molar-refractivity contribution in [2.24, 2.45) is 0 Å². The van der Waals surface area contributed by atoms with Crippen LogP contribution in [0.3, 0.4) is 0 Å². The van der Waals surface area contributed by atoms with E-state index in [-0.39, 0.29) is 13.2 Å². The predicted molar refractivity (Wildman–Crippen MR) is 137 cm³/mol. The van der Waals surface area contributed by atoms with Crippen LogP contribution in [0.1, 0.15) is 17.5 Å². The van der Waals surface area contributed by atoms with Gasteiger partial charge in [-0.1, -0.05) is 0 Å². The number of rotatable bonds is 14. The van der Waals surface area contributed by atoms with Gasteiger partial charge >= 0.3 is 11.9 Å². The van der Waals surface area contributed by atoms with Crippen LogP contribution in [-0.2, 0) is 19.1 Å². The highest BCUT2D eigenvalue weighted by Crippen LogP contribution is 2.39. The summed E-state index contributed by atoms with van der Waals surface area (Å²) in [7, 11) is 9.06. The van der Waals surface area contributed by atoms with Gasteiger partial charge in [0.05, 0.1) is 55.9 Å². The number of carbonyl (C=O) groups excluding carboxylic acids is 2. The molecule has 0 fully saturated rings. The maximum Gasteiger partial charge on any atom is 0.330 e. The molecule has 2 aromatic carbocycles. The molecule has 37 heavy (non-hydrogen) atoms. The smallest absolute Gasteiger partial charge is 0.330 e. The summed E-state index contributed by atoms with van der Waals surface area (Å²) in [5.41, 5.74) is 1.33. The Hall–Kier alpha value is -4.34. The van der Waals surface area contributed by atoms with Gasteiger partial charge in [0.25, 0.3) is 0 Å². The summed E-state index contributed by atoms with van der Waals surface area (Å²) in [6, 6.07) is 6.82. The van der Waals surface area contributed by atoms with E-state index in [0.717, 1.165) is 0 Å². The van der Waals surface area contributed by atoms with Gasteiger partial charge in [0, 0.05) is 18.6 Å². The number of methoxy groups -OCH3 is 6. The number of ether oxygens (including phenoxy) is 8. The van der Waals surface area contributed by atoms with Crippen LogP contribution in [0.4, 0.5) is 0 Å². The first-order valence-electron chi connectivity index (χ1n) is 11.2. The van der Waals surface area contributed by atoms with Crippen LogP contribution in [-0.4, -0.2) is 67.8 Å². The zero-order valence-corrected chi connectivity index (χ0v) is 21.8. The van der Waals surface area contributed by atoms with Crippen LogP contribution in [0.15, 0.2) is 36.4 Å². The molecule has 0 radical (unpaired) electrons. The molecule has 0 bridgehead atoms. The number of carbonyl (C=O) groups is 2. The van der Waals surface area contributed by atoms with Crippen molar-refractivity contribution in [1.29, 1.82) is 0 Å². The normalized spacial score (nSPS) is 10.8.